The summed E-state index contributed by atoms with van der Waals surface area (Å²) in [6.45, 7) is 0. The first-order valence-corrected chi connectivity index (χ1v) is 6.09. The molecular formula is C14H19NO2. The van der Waals surface area contributed by atoms with E-state index in [0.29, 0.717) is 12.2 Å². The molecule has 3 nitrogen and oxygen atoms in total. The fourth-order valence-electron chi connectivity index (χ4n) is 2.62. The second kappa shape index (κ2) is 4.88. The van der Waals surface area contributed by atoms with Gasteiger partial charge in [0.1, 0.15) is 11.3 Å². The second-order valence-electron chi connectivity index (χ2n) is 4.51. The standard InChI is InChI=1S/C14H19NO2/c1-15-14(10-4-3-5-13(14)16)11-6-8-12(17-2)9-7-11/h6-9,15H,3-5,10H2,1-2H3/t14-/m1/s1. The van der Waals surface area contributed by atoms with Crippen molar-refractivity contribution in [3.63, 3.8) is 0 Å². The van der Waals surface area contributed by atoms with Crippen LogP contribution in [-0.4, -0.2) is 19.9 Å². The Morgan fingerprint density at radius 3 is 2.47 bits per heavy atom. The number of hydrogen-bond acceptors (Lipinski definition) is 3. The fourth-order valence-corrected chi connectivity index (χ4v) is 2.62. The lowest BCUT2D eigenvalue weighted by molar-refractivity contribution is -0.127. The number of hydrogen-bond donors (Lipinski definition) is 1. The van der Waals surface area contributed by atoms with Crippen molar-refractivity contribution in [1.29, 1.82) is 0 Å². The van der Waals surface area contributed by atoms with Crippen molar-refractivity contribution in [2.45, 2.75) is 31.2 Å². The van der Waals surface area contributed by atoms with Crippen LogP contribution < -0.4 is 10.1 Å². The normalized spacial score (nSPS) is 24.7. The van der Waals surface area contributed by atoms with Gasteiger partial charge in [0.25, 0.3) is 0 Å². The van der Waals surface area contributed by atoms with Gasteiger partial charge in [-0.3, -0.25) is 4.79 Å². The molecule has 17 heavy (non-hydrogen) atoms. The number of rotatable bonds is 3. The van der Waals surface area contributed by atoms with Gasteiger partial charge in [-0.05, 0) is 37.6 Å². The fraction of sp³-hybridized carbons (Fsp3) is 0.500. The van der Waals surface area contributed by atoms with E-state index in [0.717, 1.165) is 30.6 Å². The summed E-state index contributed by atoms with van der Waals surface area (Å²) in [6, 6.07) is 7.80. The molecule has 3 heteroatoms. The summed E-state index contributed by atoms with van der Waals surface area (Å²) in [7, 11) is 3.52. The van der Waals surface area contributed by atoms with Crippen LogP contribution in [-0.2, 0) is 10.3 Å². The maximum Gasteiger partial charge on any atom is 0.157 e. The molecule has 1 atom stereocenters. The van der Waals surface area contributed by atoms with E-state index < -0.39 is 5.54 Å². The summed E-state index contributed by atoms with van der Waals surface area (Å²) in [4.78, 5) is 12.2. The Morgan fingerprint density at radius 2 is 1.94 bits per heavy atom. The average molecular weight is 233 g/mol. The summed E-state index contributed by atoms with van der Waals surface area (Å²) in [5.41, 5.74) is 0.565. The van der Waals surface area contributed by atoms with Crippen molar-refractivity contribution in [2.24, 2.45) is 0 Å². The monoisotopic (exact) mass is 233 g/mol. The van der Waals surface area contributed by atoms with Crippen LogP contribution in [0.5, 0.6) is 5.75 Å². The molecule has 0 aromatic heterocycles. The molecule has 1 aromatic carbocycles. The van der Waals surface area contributed by atoms with Crippen LogP contribution in [0.15, 0.2) is 24.3 Å². The van der Waals surface area contributed by atoms with Crippen molar-refractivity contribution in [2.75, 3.05) is 14.2 Å². The van der Waals surface area contributed by atoms with Crippen LogP contribution in [0, 0.1) is 0 Å². The zero-order valence-corrected chi connectivity index (χ0v) is 10.5. The predicted octanol–water partition coefficient (Wildman–Crippen LogP) is 2.25. The molecule has 1 fully saturated rings. The molecule has 92 valence electrons. The lowest BCUT2D eigenvalue weighted by atomic mass is 9.75. The van der Waals surface area contributed by atoms with Crippen LogP contribution in [0.1, 0.15) is 31.2 Å². The molecule has 0 aliphatic heterocycles. The first-order chi connectivity index (χ1) is 8.23. The third-order valence-corrected chi connectivity index (χ3v) is 3.69. The third kappa shape index (κ3) is 2.07. The third-order valence-electron chi connectivity index (χ3n) is 3.69. The van der Waals surface area contributed by atoms with Crippen molar-refractivity contribution in [1.82, 2.24) is 5.32 Å². The lowest BCUT2D eigenvalue weighted by Gasteiger charge is -2.36. The van der Waals surface area contributed by atoms with Crippen molar-refractivity contribution in [3.05, 3.63) is 29.8 Å². The predicted molar refractivity (Wildman–Crippen MR) is 67.2 cm³/mol. The van der Waals surface area contributed by atoms with E-state index in [1.54, 1.807) is 7.11 Å². The van der Waals surface area contributed by atoms with Gasteiger partial charge in [-0.25, -0.2) is 0 Å². The van der Waals surface area contributed by atoms with Crippen LogP contribution in [0.3, 0.4) is 0 Å². The van der Waals surface area contributed by atoms with Crippen molar-refractivity contribution >= 4 is 5.78 Å². The first-order valence-electron chi connectivity index (χ1n) is 6.09. The Morgan fingerprint density at radius 1 is 1.24 bits per heavy atom. The molecular weight excluding hydrogens is 214 g/mol. The van der Waals surface area contributed by atoms with Gasteiger partial charge in [0, 0.05) is 6.42 Å². The minimum Gasteiger partial charge on any atom is -0.497 e. The van der Waals surface area contributed by atoms with Gasteiger partial charge in [0.15, 0.2) is 5.78 Å². The maximum atomic E-state index is 12.2. The molecule has 1 saturated carbocycles. The highest BCUT2D eigenvalue weighted by Gasteiger charge is 2.39. The van der Waals surface area contributed by atoms with Gasteiger partial charge in [0.2, 0.25) is 0 Å². The molecule has 0 spiro atoms. The summed E-state index contributed by atoms with van der Waals surface area (Å²) < 4.78 is 5.14. The topological polar surface area (TPSA) is 38.3 Å². The maximum absolute atomic E-state index is 12.2. The van der Waals surface area contributed by atoms with Crippen LogP contribution in [0.2, 0.25) is 0 Å². The van der Waals surface area contributed by atoms with Crippen molar-refractivity contribution < 1.29 is 9.53 Å². The van der Waals surface area contributed by atoms with E-state index >= 15 is 0 Å². The molecule has 1 N–H and O–H groups in total. The average Bonchev–Trinajstić information content (AvgIpc) is 2.40. The number of nitrogens with one attached hydrogen (secondary N) is 1. The highest BCUT2D eigenvalue weighted by molar-refractivity contribution is 5.90. The van der Waals surface area contributed by atoms with Gasteiger partial charge in [-0.1, -0.05) is 18.6 Å². The van der Waals surface area contributed by atoms with Crippen LogP contribution in [0.4, 0.5) is 0 Å². The van der Waals surface area contributed by atoms with E-state index in [-0.39, 0.29) is 0 Å². The number of ketones is 1. The molecule has 1 aliphatic rings. The first kappa shape index (κ1) is 12.1. The van der Waals surface area contributed by atoms with E-state index in [1.165, 1.54) is 0 Å². The minimum atomic E-state index is -0.482. The van der Waals surface area contributed by atoms with Crippen LogP contribution in [0.25, 0.3) is 0 Å². The van der Waals surface area contributed by atoms with Crippen molar-refractivity contribution in [3.8, 4) is 5.75 Å². The zero-order valence-electron chi connectivity index (χ0n) is 10.5. The Labute approximate surface area is 102 Å². The summed E-state index contributed by atoms with van der Waals surface area (Å²) in [5.74, 6) is 1.12. The zero-order chi connectivity index (χ0) is 12.3. The number of ether oxygens (including phenoxy) is 1. The number of likely N-dealkylation sites (N-methyl/N-ethyl adjacent to an activating group) is 1. The Kier molecular flexibility index (Phi) is 3.48. The molecule has 1 aromatic rings. The molecule has 2 rings (SSSR count). The van der Waals surface area contributed by atoms with E-state index in [4.69, 9.17) is 4.74 Å². The quantitative estimate of drug-likeness (QED) is 0.870. The molecule has 0 radical (unpaired) electrons. The van der Waals surface area contributed by atoms with E-state index in [1.807, 2.05) is 31.3 Å². The Bertz CT molecular complexity index is 399. The highest BCUT2D eigenvalue weighted by atomic mass is 16.5. The molecule has 0 unspecified atom stereocenters. The van der Waals surface area contributed by atoms with E-state index in [2.05, 4.69) is 5.32 Å². The highest BCUT2D eigenvalue weighted by Crippen LogP contribution is 2.34. The molecule has 1 aliphatic carbocycles. The second-order valence-corrected chi connectivity index (χ2v) is 4.51. The molecule has 0 saturated heterocycles. The van der Waals surface area contributed by atoms with Gasteiger partial charge in [-0.2, -0.15) is 0 Å². The largest absolute Gasteiger partial charge is 0.497 e. The van der Waals surface area contributed by atoms with Gasteiger partial charge in [0.05, 0.1) is 7.11 Å². The summed E-state index contributed by atoms with van der Waals surface area (Å²) >= 11 is 0. The molecule has 0 heterocycles. The lowest BCUT2D eigenvalue weighted by Crippen LogP contribution is -2.49. The molecule has 0 bridgehead atoms. The van der Waals surface area contributed by atoms with E-state index in [9.17, 15) is 4.79 Å². The number of carbonyl (C=O) groups is 1. The minimum absolute atomic E-state index is 0.302. The number of Topliss-reactive ketones (excluding diaryl/α,β-unsaturated/α-hetero) is 1. The van der Waals surface area contributed by atoms with Gasteiger partial charge in [-0.15, -0.1) is 0 Å². The van der Waals surface area contributed by atoms with Crippen LogP contribution >= 0.6 is 0 Å². The SMILES string of the molecule is CN[C@@]1(c2ccc(OC)cc2)CCCCC1=O. The number of methoxy groups -OCH3 is 1. The smallest absolute Gasteiger partial charge is 0.157 e. The van der Waals surface area contributed by atoms with Gasteiger partial charge >= 0.3 is 0 Å². The van der Waals surface area contributed by atoms with Gasteiger partial charge < -0.3 is 10.1 Å². The molecule has 0 amide bonds. The Hall–Kier alpha value is -1.35. The summed E-state index contributed by atoms with van der Waals surface area (Å²) in [6.07, 6.45) is 3.67. The summed E-state index contributed by atoms with van der Waals surface area (Å²) in [5, 5.41) is 3.23. The number of carbonyl (C=O) groups excluding carboxylic acids is 1. The Balaban J connectivity index is 2.35. The number of benzene rings is 1.